The van der Waals surface area contributed by atoms with Crippen LogP contribution in [0.2, 0.25) is 0 Å². The number of hydrogen-bond acceptors (Lipinski definition) is 3. The summed E-state index contributed by atoms with van der Waals surface area (Å²) in [6.07, 6.45) is 2.54. The Morgan fingerprint density at radius 1 is 1.24 bits per heavy atom. The molecule has 0 aromatic carbocycles. The number of amides is 1. The third-order valence-electron chi connectivity index (χ3n) is 2.97. The molecule has 5 heteroatoms. The molecule has 3 unspecified atom stereocenters. The fourth-order valence-corrected chi connectivity index (χ4v) is 1.59. The van der Waals surface area contributed by atoms with Crippen molar-refractivity contribution in [3.05, 3.63) is 0 Å². The van der Waals surface area contributed by atoms with Gasteiger partial charge in [-0.3, -0.25) is 9.00 Å². The minimum absolute atomic E-state index is 0.0245. The molecule has 0 aromatic rings. The highest BCUT2D eigenvalue weighted by atomic mass is 32.2. The van der Waals surface area contributed by atoms with Crippen molar-refractivity contribution in [1.82, 2.24) is 10.6 Å². The van der Waals surface area contributed by atoms with Crippen LogP contribution in [0.15, 0.2) is 0 Å². The molecule has 0 bridgehead atoms. The van der Waals surface area contributed by atoms with Crippen molar-refractivity contribution in [2.45, 2.75) is 45.4 Å². The van der Waals surface area contributed by atoms with Gasteiger partial charge in [-0.05, 0) is 25.8 Å². The van der Waals surface area contributed by atoms with Gasteiger partial charge in [0.25, 0.3) is 0 Å². The molecule has 0 saturated carbocycles. The first-order valence-corrected chi connectivity index (χ1v) is 7.79. The van der Waals surface area contributed by atoms with E-state index in [1.54, 1.807) is 6.26 Å². The van der Waals surface area contributed by atoms with Crippen LogP contribution >= 0.6 is 0 Å². The summed E-state index contributed by atoms with van der Waals surface area (Å²) in [4.78, 5) is 11.5. The van der Waals surface area contributed by atoms with Crippen LogP contribution in [0.1, 0.15) is 34.1 Å². The number of carbonyl (C=O) groups excluding carboxylic acids is 1. The Labute approximate surface area is 107 Å². The van der Waals surface area contributed by atoms with E-state index in [2.05, 4.69) is 24.5 Å². The molecule has 0 spiro atoms. The highest BCUT2D eigenvalue weighted by molar-refractivity contribution is 7.84. The van der Waals surface area contributed by atoms with E-state index in [0.29, 0.717) is 12.5 Å². The predicted molar refractivity (Wildman–Crippen MR) is 73.5 cm³/mol. The van der Waals surface area contributed by atoms with Crippen LogP contribution in [-0.2, 0) is 15.6 Å². The van der Waals surface area contributed by atoms with Crippen LogP contribution < -0.4 is 10.6 Å². The van der Waals surface area contributed by atoms with Gasteiger partial charge in [0.15, 0.2) is 0 Å². The summed E-state index contributed by atoms with van der Waals surface area (Å²) in [6, 6.07) is 0.200. The first-order valence-electron chi connectivity index (χ1n) is 6.17. The topological polar surface area (TPSA) is 58.2 Å². The van der Waals surface area contributed by atoms with Crippen LogP contribution in [0, 0.1) is 5.92 Å². The van der Waals surface area contributed by atoms with E-state index in [1.807, 2.05) is 13.8 Å². The lowest BCUT2D eigenvalue weighted by Crippen LogP contribution is -2.41. The summed E-state index contributed by atoms with van der Waals surface area (Å²) in [7, 11) is -0.780. The highest BCUT2D eigenvalue weighted by Gasteiger charge is 2.10. The smallest absolute Gasteiger partial charge is 0.234 e. The molecule has 0 fully saturated rings. The van der Waals surface area contributed by atoms with Crippen molar-refractivity contribution >= 4 is 16.7 Å². The van der Waals surface area contributed by atoms with Gasteiger partial charge in [0.05, 0.1) is 6.54 Å². The second-order valence-corrected chi connectivity index (χ2v) is 6.68. The molecule has 0 rings (SSSR count). The first-order chi connectivity index (χ1) is 7.84. The van der Waals surface area contributed by atoms with Crippen LogP contribution in [0.3, 0.4) is 0 Å². The van der Waals surface area contributed by atoms with Crippen LogP contribution in [0.4, 0.5) is 0 Å². The van der Waals surface area contributed by atoms with Crippen LogP contribution in [0.5, 0.6) is 0 Å². The molecular formula is C12H26N2O2S. The molecule has 4 nitrogen and oxygen atoms in total. The van der Waals surface area contributed by atoms with Crippen molar-refractivity contribution in [3.63, 3.8) is 0 Å². The zero-order valence-corrected chi connectivity index (χ0v) is 12.4. The largest absolute Gasteiger partial charge is 0.352 e. The number of carbonyl (C=O) groups is 1. The average Bonchev–Trinajstić information content (AvgIpc) is 2.23. The van der Waals surface area contributed by atoms with Crippen LogP contribution in [0.25, 0.3) is 0 Å². The zero-order valence-electron chi connectivity index (χ0n) is 11.6. The maximum atomic E-state index is 11.5. The standard InChI is InChI=1S/C12H26N2O2S/c1-9(2)11(4)14-12(15)8-13-7-6-10(3)17(5)16/h9-11,13H,6-8H2,1-5H3,(H,14,15). The lowest BCUT2D eigenvalue weighted by Gasteiger charge is -2.17. The van der Waals surface area contributed by atoms with Gasteiger partial charge in [0.1, 0.15) is 0 Å². The summed E-state index contributed by atoms with van der Waals surface area (Å²) >= 11 is 0. The molecule has 1 amide bonds. The van der Waals surface area contributed by atoms with Gasteiger partial charge in [-0.15, -0.1) is 0 Å². The molecule has 102 valence electrons. The summed E-state index contributed by atoms with van der Waals surface area (Å²) in [5.41, 5.74) is 0. The molecule has 3 atom stereocenters. The maximum absolute atomic E-state index is 11.5. The van der Waals surface area contributed by atoms with Crippen molar-refractivity contribution in [2.75, 3.05) is 19.3 Å². The van der Waals surface area contributed by atoms with E-state index in [1.165, 1.54) is 0 Å². The van der Waals surface area contributed by atoms with Gasteiger partial charge < -0.3 is 10.6 Å². The Morgan fingerprint density at radius 3 is 2.29 bits per heavy atom. The van der Waals surface area contributed by atoms with Crippen LogP contribution in [-0.4, -0.2) is 40.8 Å². The van der Waals surface area contributed by atoms with Crippen molar-refractivity contribution in [3.8, 4) is 0 Å². The van der Waals surface area contributed by atoms with Crippen molar-refractivity contribution < 1.29 is 9.00 Å². The Morgan fingerprint density at radius 2 is 1.82 bits per heavy atom. The van der Waals surface area contributed by atoms with E-state index < -0.39 is 10.8 Å². The number of rotatable bonds is 8. The van der Waals surface area contributed by atoms with Gasteiger partial charge in [-0.1, -0.05) is 20.8 Å². The Balaban J connectivity index is 3.62. The lowest BCUT2D eigenvalue weighted by atomic mass is 10.1. The lowest BCUT2D eigenvalue weighted by molar-refractivity contribution is -0.121. The summed E-state index contributed by atoms with van der Waals surface area (Å²) in [6.45, 7) is 9.18. The minimum Gasteiger partial charge on any atom is -0.352 e. The van der Waals surface area contributed by atoms with E-state index >= 15 is 0 Å². The van der Waals surface area contributed by atoms with Gasteiger partial charge >= 0.3 is 0 Å². The minimum atomic E-state index is -0.780. The maximum Gasteiger partial charge on any atom is 0.234 e. The van der Waals surface area contributed by atoms with Gasteiger partial charge in [0.2, 0.25) is 5.91 Å². The molecule has 0 saturated heterocycles. The second kappa shape index (κ2) is 8.64. The van der Waals surface area contributed by atoms with Crippen molar-refractivity contribution in [1.29, 1.82) is 0 Å². The Bertz CT molecular complexity index is 257. The number of nitrogens with one attached hydrogen (secondary N) is 2. The molecule has 0 aliphatic rings. The number of hydrogen-bond donors (Lipinski definition) is 2. The second-order valence-electron chi connectivity index (χ2n) is 4.87. The fourth-order valence-electron chi connectivity index (χ4n) is 1.14. The Kier molecular flexibility index (Phi) is 8.43. The summed E-state index contributed by atoms with van der Waals surface area (Å²) < 4.78 is 11.1. The molecule has 0 aliphatic heterocycles. The molecule has 2 N–H and O–H groups in total. The molecule has 0 radical (unpaired) electrons. The summed E-state index contributed by atoms with van der Waals surface area (Å²) in [5, 5.41) is 6.18. The van der Waals surface area contributed by atoms with Crippen molar-refractivity contribution in [2.24, 2.45) is 5.92 Å². The van der Waals surface area contributed by atoms with E-state index in [9.17, 15) is 9.00 Å². The highest BCUT2D eigenvalue weighted by Crippen LogP contribution is 1.99. The predicted octanol–water partition coefficient (Wildman–Crippen LogP) is 0.894. The third-order valence-corrected chi connectivity index (χ3v) is 4.34. The van der Waals surface area contributed by atoms with Gasteiger partial charge in [0, 0.05) is 28.3 Å². The normalized spacial score (nSPS) is 16.6. The van der Waals surface area contributed by atoms with Gasteiger partial charge in [-0.2, -0.15) is 0 Å². The molecule has 0 heterocycles. The average molecular weight is 262 g/mol. The summed E-state index contributed by atoms with van der Waals surface area (Å²) in [5.74, 6) is 0.470. The SMILES string of the molecule is CC(C)C(C)NC(=O)CNCCC(C)S(C)=O. The fraction of sp³-hybridized carbons (Fsp3) is 0.917. The molecule has 0 aromatic heterocycles. The third kappa shape index (κ3) is 8.32. The van der Waals surface area contributed by atoms with Gasteiger partial charge in [-0.25, -0.2) is 0 Å². The Hall–Kier alpha value is -0.420. The monoisotopic (exact) mass is 262 g/mol. The molecule has 0 aliphatic carbocycles. The van der Waals surface area contributed by atoms with E-state index in [-0.39, 0.29) is 17.2 Å². The zero-order chi connectivity index (χ0) is 13.4. The molecule has 17 heavy (non-hydrogen) atoms. The first kappa shape index (κ1) is 16.6. The quantitative estimate of drug-likeness (QED) is 0.639. The van der Waals surface area contributed by atoms with E-state index in [0.717, 1.165) is 13.0 Å². The van der Waals surface area contributed by atoms with E-state index in [4.69, 9.17) is 0 Å². The molecular weight excluding hydrogens is 236 g/mol.